The van der Waals surface area contributed by atoms with Crippen LogP contribution < -0.4 is 0 Å². The Kier molecular flexibility index (Phi) is 3.37. The molecular formula is C8H9FO2S. The number of halogens is 1. The van der Waals surface area contributed by atoms with E-state index in [9.17, 15) is 4.39 Å². The summed E-state index contributed by atoms with van der Waals surface area (Å²) in [6, 6.07) is 4.16. The van der Waals surface area contributed by atoms with Gasteiger partial charge in [0.1, 0.15) is 0 Å². The summed E-state index contributed by atoms with van der Waals surface area (Å²) >= 11 is 1.34. The van der Waals surface area contributed by atoms with Gasteiger partial charge >= 0.3 is 0 Å². The van der Waals surface area contributed by atoms with Gasteiger partial charge in [-0.25, -0.2) is 4.39 Å². The van der Waals surface area contributed by atoms with E-state index >= 15 is 0 Å². The maximum absolute atomic E-state index is 12.7. The van der Waals surface area contributed by atoms with Gasteiger partial charge in [-0.2, -0.15) is 0 Å². The van der Waals surface area contributed by atoms with Crippen molar-refractivity contribution >= 4 is 11.8 Å². The van der Waals surface area contributed by atoms with Crippen LogP contribution in [0.2, 0.25) is 0 Å². The van der Waals surface area contributed by atoms with E-state index in [0.29, 0.717) is 10.6 Å². The molecule has 0 aromatic heterocycles. The predicted molar refractivity (Wildman–Crippen MR) is 45.9 cm³/mol. The van der Waals surface area contributed by atoms with E-state index in [-0.39, 0.29) is 12.4 Å². The molecule has 0 aliphatic carbocycles. The lowest BCUT2D eigenvalue weighted by Crippen LogP contribution is -1.86. The third kappa shape index (κ3) is 2.39. The molecule has 0 radical (unpaired) electrons. The predicted octanol–water partition coefficient (Wildman–Crippen LogP) is 1.62. The number of benzene rings is 1. The van der Waals surface area contributed by atoms with Gasteiger partial charge in [0.15, 0.2) is 11.6 Å². The van der Waals surface area contributed by atoms with E-state index in [4.69, 9.17) is 10.2 Å². The molecule has 1 aromatic carbocycles. The van der Waals surface area contributed by atoms with Crippen LogP contribution >= 0.6 is 11.8 Å². The molecule has 0 saturated heterocycles. The zero-order chi connectivity index (χ0) is 8.97. The van der Waals surface area contributed by atoms with Gasteiger partial charge in [-0.15, -0.1) is 11.8 Å². The van der Waals surface area contributed by atoms with Crippen LogP contribution in [0, 0.1) is 5.82 Å². The molecule has 0 aliphatic rings. The van der Waals surface area contributed by atoms with Crippen molar-refractivity contribution < 1.29 is 14.6 Å². The van der Waals surface area contributed by atoms with Gasteiger partial charge in [0, 0.05) is 10.6 Å². The fraction of sp³-hybridized carbons (Fsp3) is 0.250. The van der Waals surface area contributed by atoms with Crippen LogP contribution in [0.25, 0.3) is 0 Å². The minimum atomic E-state index is -0.627. The standard InChI is InChI=1S/C8H9FO2S/c9-7-5-6(12-4-3-10)1-2-8(7)11/h1-2,5,10-11H,3-4H2. The molecule has 66 valence electrons. The minimum absolute atomic E-state index is 0.0627. The fourth-order valence-electron chi connectivity index (χ4n) is 0.741. The van der Waals surface area contributed by atoms with Crippen molar-refractivity contribution in [1.82, 2.24) is 0 Å². The van der Waals surface area contributed by atoms with Crippen LogP contribution in [-0.2, 0) is 0 Å². The monoisotopic (exact) mass is 188 g/mol. The van der Waals surface area contributed by atoms with E-state index in [1.165, 1.54) is 23.9 Å². The molecule has 0 heterocycles. The van der Waals surface area contributed by atoms with Crippen LogP contribution in [0.1, 0.15) is 0 Å². The van der Waals surface area contributed by atoms with Gasteiger partial charge < -0.3 is 10.2 Å². The number of hydrogen-bond donors (Lipinski definition) is 2. The zero-order valence-corrected chi connectivity index (χ0v) is 7.14. The number of hydrogen-bond acceptors (Lipinski definition) is 3. The number of phenolic OH excluding ortho intramolecular Hbond substituents is 1. The van der Waals surface area contributed by atoms with Crippen molar-refractivity contribution in [2.75, 3.05) is 12.4 Å². The summed E-state index contributed by atoms with van der Waals surface area (Å²) in [6.45, 7) is 0.0627. The molecule has 0 aliphatic heterocycles. The molecule has 0 fully saturated rings. The molecule has 0 bridgehead atoms. The Bertz CT molecular complexity index is 265. The molecule has 0 unspecified atom stereocenters. The first-order chi connectivity index (χ1) is 5.74. The second-order valence-electron chi connectivity index (χ2n) is 2.19. The Hall–Kier alpha value is -0.740. The molecule has 2 N–H and O–H groups in total. The number of thioether (sulfide) groups is 1. The zero-order valence-electron chi connectivity index (χ0n) is 6.33. The van der Waals surface area contributed by atoms with Crippen molar-refractivity contribution in [2.45, 2.75) is 4.90 Å². The molecule has 1 rings (SSSR count). The van der Waals surface area contributed by atoms with Gasteiger partial charge in [0.25, 0.3) is 0 Å². The average Bonchev–Trinajstić information content (AvgIpc) is 2.07. The van der Waals surface area contributed by atoms with Crippen molar-refractivity contribution in [3.8, 4) is 5.75 Å². The molecule has 0 amide bonds. The average molecular weight is 188 g/mol. The summed E-state index contributed by atoms with van der Waals surface area (Å²) in [4.78, 5) is 0.708. The van der Waals surface area contributed by atoms with Gasteiger partial charge in [-0.3, -0.25) is 0 Å². The molecule has 1 aromatic rings. The second kappa shape index (κ2) is 4.33. The fourth-order valence-corrected chi connectivity index (χ4v) is 1.42. The lowest BCUT2D eigenvalue weighted by molar-refractivity contribution is 0.322. The maximum Gasteiger partial charge on any atom is 0.165 e. The number of aromatic hydroxyl groups is 1. The Balaban J connectivity index is 2.69. The highest BCUT2D eigenvalue weighted by atomic mass is 32.2. The van der Waals surface area contributed by atoms with Crippen LogP contribution in [0.3, 0.4) is 0 Å². The molecule has 0 spiro atoms. The third-order valence-corrected chi connectivity index (χ3v) is 2.25. The first kappa shape index (κ1) is 9.35. The first-order valence-corrected chi connectivity index (χ1v) is 4.45. The third-order valence-electron chi connectivity index (χ3n) is 1.28. The van der Waals surface area contributed by atoms with Gasteiger partial charge in [-0.05, 0) is 18.2 Å². The smallest absolute Gasteiger partial charge is 0.165 e. The first-order valence-electron chi connectivity index (χ1n) is 3.46. The summed E-state index contributed by atoms with van der Waals surface area (Å²) in [6.07, 6.45) is 0. The normalized spacial score (nSPS) is 10.2. The summed E-state index contributed by atoms with van der Waals surface area (Å²) in [7, 11) is 0. The van der Waals surface area contributed by atoms with E-state index in [1.807, 2.05) is 0 Å². The van der Waals surface area contributed by atoms with Gasteiger partial charge in [-0.1, -0.05) is 0 Å². The number of phenols is 1. The Labute approximate surface area is 74.0 Å². The lowest BCUT2D eigenvalue weighted by Gasteiger charge is -2.00. The molecule has 2 nitrogen and oxygen atoms in total. The largest absolute Gasteiger partial charge is 0.505 e. The van der Waals surface area contributed by atoms with E-state index in [0.717, 1.165) is 0 Å². The molecular weight excluding hydrogens is 179 g/mol. The van der Waals surface area contributed by atoms with Crippen molar-refractivity contribution in [3.05, 3.63) is 24.0 Å². The molecule has 4 heteroatoms. The van der Waals surface area contributed by atoms with Gasteiger partial charge in [0.05, 0.1) is 6.61 Å². The van der Waals surface area contributed by atoms with Crippen LogP contribution in [0.15, 0.2) is 23.1 Å². The summed E-state index contributed by atoms with van der Waals surface area (Å²) in [5.74, 6) is -0.439. The van der Waals surface area contributed by atoms with E-state index < -0.39 is 5.82 Å². The minimum Gasteiger partial charge on any atom is -0.505 e. The van der Waals surface area contributed by atoms with Crippen molar-refractivity contribution in [1.29, 1.82) is 0 Å². The van der Waals surface area contributed by atoms with Crippen molar-refractivity contribution in [2.24, 2.45) is 0 Å². The summed E-state index contributed by atoms with van der Waals surface area (Å²) < 4.78 is 12.7. The summed E-state index contributed by atoms with van der Waals surface area (Å²) in [5, 5.41) is 17.3. The quantitative estimate of drug-likeness (QED) is 0.708. The highest BCUT2D eigenvalue weighted by Gasteiger charge is 2.00. The molecule has 0 saturated carbocycles. The molecule has 12 heavy (non-hydrogen) atoms. The van der Waals surface area contributed by atoms with Crippen molar-refractivity contribution in [3.63, 3.8) is 0 Å². The summed E-state index contributed by atoms with van der Waals surface area (Å²) in [5.41, 5.74) is 0. The van der Waals surface area contributed by atoms with Crippen LogP contribution in [0.4, 0.5) is 4.39 Å². The number of rotatable bonds is 3. The maximum atomic E-state index is 12.7. The van der Waals surface area contributed by atoms with Gasteiger partial charge in [0.2, 0.25) is 0 Å². The molecule has 0 atom stereocenters. The van der Waals surface area contributed by atoms with Crippen LogP contribution in [-0.4, -0.2) is 22.6 Å². The number of aliphatic hydroxyl groups is 1. The highest BCUT2D eigenvalue weighted by Crippen LogP contribution is 2.23. The van der Waals surface area contributed by atoms with E-state index in [1.54, 1.807) is 6.07 Å². The Morgan fingerprint density at radius 3 is 2.75 bits per heavy atom. The number of aliphatic hydroxyl groups excluding tert-OH is 1. The highest BCUT2D eigenvalue weighted by molar-refractivity contribution is 7.99. The second-order valence-corrected chi connectivity index (χ2v) is 3.35. The lowest BCUT2D eigenvalue weighted by atomic mass is 10.3. The topological polar surface area (TPSA) is 40.5 Å². The SMILES string of the molecule is OCCSc1ccc(O)c(F)c1. The van der Waals surface area contributed by atoms with E-state index in [2.05, 4.69) is 0 Å². The van der Waals surface area contributed by atoms with Crippen LogP contribution in [0.5, 0.6) is 5.75 Å². The Morgan fingerprint density at radius 1 is 1.42 bits per heavy atom. The Morgan fingerprint density at radius 2 is 2.17 bits per heavy atom.